The van der Waals surface area contributed by atoms with Gasteiger partial charge in [0.05, 0.1) is 31.9 Å². The summed E-state index contributed by atoms with van der Waals surface area (Å²) in [6.07, 6.45) is 0.572. The Balaban J connectivity index is 1.33. The van der Waals surface area contributed by atoms with Crippen molar-refractivity contribution in [3.63, 3.8) is 0 Å². The minimum absolute atomic E-state index is 0.0757. The summed E-state index contributed by atoms with van der Waals surface area (Å²) < 4.78 is 16.9. The zero-order valence-corrected chi connectivity index (χ0v) is 25.6. The number of ether oxygens (including phenoxy) is 3. The first kappa shape index (κ1) is 31.7. The molecule has 1 saturated heterocycles. The number of carbonyl (C=O) groups excluding carboxylic acids is 2. The number of rotatable bonds is 12. The lowest BCUT2D eigenvalue weighted by Gasteiger charge is -2.26. The number of aromatic nitrogens is 1. The minimum atomic E-state index is -0.602. The molecule has 11 nitrogen and oxygen atoms in total. The second-order valence-corrected chi connectivity index (χ2v) is 10.9. The Morgan fingerprint density at radius 3 is 2.53 bits per heavy atom. The number of hydrogen-bond acceptors (Lipinski definition) is 8. The Morgan fingerprint density at radius 1 is 1.02 bits per heavy atom. The Bertz CT molecular complexity index is 1700. The second-order valence-electron chi connectivity index (χ2n) is 10.9. The van der Waals surface area contributed by atoms with Crippen molar-refractivity contribution in [2.75, 3.05) is 58.4 Å². The molecule has 2 heterocycles. The SMILES string of the molecule is COc1cc2[nH]c(=O)c(C(=O)Nc3cc(C(=O)NC(CCN)c4ccccc4)ccc3C)cc2cc1OCCN1CCOCC1. The highest BCUT2D eigenvalue weighted by Crippen LogP contribution is 2.32. The maximum Gasteiger partial charge on any atom is 0.261 e. The zero-order valence-electron chi connectivity index (χ0n) is 25.6. The van der Waals surface area contributed by atoms with E-state index >= 15 is 0 Å². The van der Waals surface area contributed by atoms with Crippen LogP contribution >= 0.6 is 0 Å². The molecule has 1 unspecified atom stereocenters. The number of H-pyrrole nitrogens is 1. The molecule has 4 aromatic rings. The van der Waals surface area contributed by atoms with Gasteiger partial charge in [-0.2, -0.15) is 0 Å². The van der Waals surface area contributed by atoms with Crippen LogP contribution in [0.4, 0.5) is 5.69 Å². The average Bonchev–Trinajstić information content (AvgIpc) is 3.05. The molecule has 1 aliphatic heterocycles. The van der Waals surface area contributed by atoms with E-state index in [-0.39, 0.29) is 17.5 Å². The monoisotopic (exact) mass is 613 g/mol. The van der Waals surface area contributed by atoms with Crippen LogP contribution in [0, 0.1) is 6.92 Å². The molecule has 0 radical (unpaired) electrons. The maximum absolute atomic E-state index is 13.4. The fourth-order valence-corrected chi connectivity index (χ4v) is 5.27. The third kappa shape index (κ3) is 7.88. The molecule has 11 heteroatoms. The number of morpholine rings is 1. The number of nitrogens with one attached hydrogen (secondary N) is 3. The van der Waals surface area contributed by atoms with E-state index in [4.69, 9.17) is 19.9 Å². The second kappa shape index (κ2) is 14.8. The van der Waals surface area contributed by atoms with Crippen LogP contribution in [-0.2, 0) is 4.74 Å². The van der Waals surface area contributed by atoms with Gasteiger partial charge in [0.15, 0.2) is 11.5 Å². The number of fused-ring (bicyclic) bond motifs is 1. The van der Waals surface area contributed by atoms with Crippen molar-refractivity contribution in [2.45, 2.75) is 19.4 Å². The average molecular weight is 614 g/mol. The van der Waals surface area contributed by atoms with Gasteiger partial charge in [-0.1, -0.05) is 36.4 Å². The van der Waals surface area contributed by atoms with Crippen molar-refractivity contribution < 1.29 is 23.8 Å². The van der Waals surface area contributed by atoms with Crippen LogP contribution < -0.4 is 31.4 Å². The molecular formula is C34H39N5O6. The number of nitrogens with zero attached hydrogens (tertiary/aromatic N) is 1. The predicted molar refractivity (Wildman–Crippen MR) is 173 cm³/mol. The van der Waals surface area contributed by atoms with Crippen molar-refractivity contribution in [3.05, 3.63) is 99.3 Å². The van der Waals surface area contributed by atoms with Gasteiger partial charge in [-0.3, -0.25) is 19.3 Å². The van der Waals surface area contributed by atoms with Crippen LogP contribution in [0.2, 0.25) is 0 Å². The van der Waals surface area contributed by atoms with E-state index in [9.17, 15) is 14.4 Å². The van der Waals surface area contributed by atoms with Crippen molar-refractivity contribution >= 4 is 28.4 Å². The molecule has 5 N–H and O–H groups in total. The number of aryl methyl sites for hydroxylation is 1. The molecule has 236 valence electrons. The third-order valence-corrected chi connectivity index (χ3v) is 7.85. The molecule has 0 bridgehead atoms. The highest BCUT2D eigenvalue weighted by Gasteiger charge is 2.19. The van der Waals surface area contributed by atoms with E-state index in [1.807, 2.05) is 37.3 Å². The van der Waals surface area contributed by atoms with E-state index in [0.29, 0.717) is 66.4 Å². The quantitative estimate of drug-likeness (QED) is 0.189. The highest BCUT2D eigenvalue weighted by atomic mass is 16.5. The molecular weight excluding hydrogens is 574 g/mol. The summed E-state index contributed by atoms with van der Waals surface area (Å²) in [4.78, 5) is 44.7. The Kier molecular flexibility index (Phi) is 10.5. The molecule has 1 aromatic heterocycles. The van der Waals surface area contributed by atoms with Crippen LogP contribution in [0.3, 0.4) is 0 Å². The zero-order chi connectivity index (χ0) is 31.8. The number of benzene rings is 3. The van der Waals surface area contributed by atoms with E-state index in [2.05, 4.69) is 20.5 Å². The van der Waals surface area contributed by atoms with Crippen molar-refractivity contribution in [1.82, 2.24) is 15.2 Å². The number of nitrogens with two attached hydrogens (primary N) is 1. The number of carbonyl (C=O) groups is 2. The molecule has 3 aromatic carbocycles. The topological polar surface area (TPSA) is 148 Å². The first-order valence-corrected chi connectivity index (χ1v) is 15.0. The van der Waals surface area contributed by atoms with Gasteiger partial charge in [0.25, 0.3) is 17.4 Å². The van der Waals surface area contributed by atoms with Crippen molar-refractivity contribution in [2.24, 2.45) is 5.73 Å². The maximum atomic E-state index is 13.4. The van der Waals surface area contributed by atoms with Crippen LogP contribution in [0.1, 0.15) is 44.3 Å². The summed E-state index contributed by atoms with van der Waals surface area (Å²) in [6, 6.07) is 19.4. The fraction of sp³-hybridized carbons (Fsp3) is 0.324. The van der Waals surface area contributed by atoms with Gasteiger partial charge in [-0.25, -0.2) is 0 Å². The number of pyridine rings is 1. The molecule has 2 amide bonds. The summed E-state index contributed by atoms with van der Waals surface area (Å²) in [5, 5.41) is 6.47. The molecule has 1 aliphatic rings. The van der Waals surface area contributed by atoms with Gasteiger partial charge in [0.1, 0.15) is 12.2 Å². The van der Waals surface area contributed by atoms with E-state index in [1.165, 1.54) is 13.2 Å². The normalized spacial score (nSPS) is 14.1. The first-order chi connectivity index (χ1) is 21.9. The first-order valence-electron chi connectivity index (χ1n) is 15.0. The summed E-state index contributed by atoms with van der Waals surface area (Å²) in [5.74, 6) is 0.0832. The summed E-state index contributed by atoms with van der Waals surface area (Å²) >= 11 is 0. The van der Waals surface area contributed by atoms with Crippen LogP contribution in [0.5, 0.6) is 11.5 Å². The Morgan fingerprint density at radius 2 is 1.80 bits per heavy atom. The number of amides is 2. The molecule has 0 aliphatic carbocycles. The largest absolute Gasteiger partial charge is 0.493 e. The van der Waals surface area contributed by atoms with Gasteiger partial charge in [-0.05, 0) is 55.3 Å². The van der Waals surface area contributed by atoms with Gasteiger partial charge < -0.3 is 35.6 Å². The molecule has 0 saturated carbocycles. The lowest BCUT2D eigenvalue weighted by Crippen LogP contribution is -2.38. The van der Waals surface area contributed by atoms with Gasteiger partial charge in [-0.15, -0.1) is 0 Å². The number of aromatic amines is 1. The molecule has 1 fully saturated rings. The molecule has 45 heavy (non-hydrogen) atoms. The lowest BCUT2D eigenvalue weighted by molar-refractivity contribution is 0.0321. The lowest BCUT2D eigenvalue weighted by atomic mass is 10.0. The number of anilines is 1. The van der Waals surface area contributed by atoms with E-state index in [0.717, 1.165) is 30.8 Å². The fourth-order valence-electron chi connectivity index (χ4n) is 5.27. The van der Waals surface area contributed by atoms with Gasteiger partial charge in [0.2, 0.25) is 0 Å². The molecule has 5 rings (SSSR count). The third-order valence-electron chi connectivity index (χ3n) is 7.85. The summed E-state index contributed by atoms with van der Waals surface area (Å²) in [7, 11) is 1.53. The van der Waals surface area contributed by atoms with Crippen LogP contribution in [0.15, 0.2) is 71.5 Å². The molecule has 1 atom stereocenters. The summed E-state index contributed by atoms with van der Waals surface area (Å²) in [5.41, 5.74) is 8.17. The summed E-state index contributed by atoms with van der Waals surface area (Å²) in [6.45, 7) is 6.53. The predicted octanol–water partition coefficient (Wildman–Crippen LogP) is 3.63. The van der Waals surface area contributed by atoms with Crippen LogP contribution in [-0.4, -0.2) is 74.8 Å². The van der Waals surface area contributed by atoms with E-state index in [1.54, 1.807) is 30.3 Å². The Hall–Kier alpha value is -4.71. The minimum Gasteiger partial charge on any atom is -0.493 e. The standard InChI is InChI=1S/C34H39N5O6/c1-22-8-9-24(32(40)36-27(10-11-35)23-6-4-3-5-7-23)19-28(22)37-33(41)26-18-25-20-31(30(43-2)21-29(25)38-34(26)42)45-17-14-39-12-15-44-16-13-39/h3-9,18-21,27H,10-17,35H2,1-2H3,(H,36,40)(H,37,41)(H,38,42). The van der Waals surface area contributed by atoms with Crippen LogP contribution in [0.25, 0.3) is 10.9 Å². The Labute approximate surface area is 261 Å². The van der Waals surface area contributed by atoms with E-state index < -0.39 is 11.5 Å². The van der Waals surface area contributed by atoms with Gasteiger partial charge in [0, 0.05) is 42.3 Å². The smallest absolute Gasteiger partial charge is 0.261 e. The van der Waals surface area contributed by atoms with Crippen molar-refractivity contribution in [1.29, 1.82) is 0 Å². The number of hydrogen-bond donors (Lipinski definition) is 4. The van der Waals surface area contributed by atoms with Crippen molar-refractivity contribution in [3.8, 4) is 11.5 Å². The van der Waals surface area contributed by atoms with Gasteiger partial charge >= 0.3 is 0 Å². The number of methoxy groups -OCH3 is 1. The molecule has 0 spiro atoms. The highest BCUT2D eigenvalue weighted by molar-refractivity contribution is 6.07.